The van der Waals surface area contributed by atoms with Gasteiger partial charge >= 0.3 is 0 Å². The Morgan fingerprint density at radius 2 is 1.94 bits per heavy atom. The van der Waals surface area contributed by atoms with E-state index in [2.05, 4.69) is 5.32 Å². The van der Waals surface area contributed by atoms with Crippen molar-refractivity contribution in [3.05, 3.63) is 35.9 Å². The van der Waals surface area contributed by atoms with Gasteiger partial charge in [-0.15, -0.1) is 0 Å². The molecule has 0 saturated heterocycles. The van der Waals surface area contributed by atoms with Crippen molar-refractivity contribution in [1.29, 1.82) is 0 Å². The first-order valence-corrected chi connectivity index (χ1v) is 5.78. The molecule has 1 aromatic carbocycles. The van der Waals surface area contributed by atoms with Crippen LogP contribution in [0.15, 0.2) is 30.3 Å². The van der Waals surface area contributed by atoms with Gasteiger partial charge < -0.3 is 16.2 Å². The molecule has 1 amide bonds. The van der Waals surface area contributed by atoms with Gasteiger partial charge in [0.05, 0.1) is 18.2 Å². The number of aliphatic hydroxyl groups is 1. The summed E-state index contributed by atoms with van der Waals surface area (Å²) < 4.78 is 0. The van der Waals surface area contributed by atoms with E-state index in [0.717, 1.165) is 5.56 Å². The third kappa shape index (κ3) is 4.54. The minimum absolute atomic E-state index is 0.246. The molecule has 0 aromatic heterocycles. The van der Waals surface area contributed by atoms with Gasteiger partial charge in [0.2, 0.25) is 5.91 Å². The number of hydrogen-bond acceptors (Lipinski definition) is 3. The Morgan fingerprint density at radius 3 is 2.47 bits per heavy atom. The number of nitrogens with one attached hydrogen (secondary N) is 1. The quantitative estimate of drug-likeness (QED) is 0.694. The maximum atomic E-state index is 11.4. The van der Waals surface area contributed by atoms with E-state index in [1.165, 1.54) is 0 Å². The Bertz CT molecular complexity index is 352. The van der Waals surface area contributed by atoms with Gasteiger partial charge in [0.1, 0.15) is 0 Å². The number of aliphatic hydroxyl groups excluding tert-OH is 1. The van der Waals surface area contributed by atoms with Gasteiger partial charge in [-0.3, -0.25) is 4.79 Å². The summed E-state index contributed by atoms with van der Waals surface area (Å²) in [6.45, 7) is 3.39. The molecule has 0 spiro atoms. The molecule has 94 valence electrons. The van der Waals surface area contributed by atoms with Crippen LogP contribution in [0, 0.1) is 0 Å². The van der Waals surface area contributed by atoms with Gasteiger partial charge in [0, 0.05) is 6.42 Å². The highest BCUT2D eigenvalue weighted by Crippen LogP contribution is 2.05. The maximum absolute atomic E-state index is 11.4. The lowest BCUT2D eigenvalue weighted by Gasteiger charge is -2.21. The smallest absolute Gasteiger partial charge is 0.236 e. The Hall–Kier alpha value is -1.39. The van der Waals surface area contributed by atoms with Gasteiger partial charge in [-0.05, 0) is 19.4 Å². The van der Waals surface area contributed by atoms with Crippen molar-refractivity contribution in [3.63, 3.8) is 0 Å². The molecule has 17 heavy (non-hydrogen) atoms. The molecule has 3 atom stereocenters. The number of carbonyl (C=O) groups excluding carboxylic acids is 1. The minimum Gasteiger partial charge on any atom is -0.391 e. The molecule has 0 aliphatic carbocycles. The highest BCUT2D eigenvalue weighted by atomic mass is 16.3. The highest BCUT2D eigenvalue weighted by molar-refractivity contribution is 5.81. The van der Waals surface area contributed by atoms with Crippen molar-refractivity contribution < 1.29 is 9.90 Å². The minimum atomic E-state index is -0.611. The molecule has 0 bridgehead atoms. The molecule has 3 unspecified atom stereocenters. The van der Waals surface area contributed by atoms with Crippen LogP contribution < -0.4 is 11.1 Å². The zero-order chi connectivity index (χ0) is 12.8. The zero-order valence-corrected chi connectivity index (χ0v) is 10.3. The van der Waals surface area contributed by atoms with Crippen molar-refractivity contribution in [3.8, 4) is 0 Å². The topological polar surface area (TPSA) is 75.4 Å². The van der Waals surface area contributed by atoms with Crippen LogP contribution in [0.25, 0.3) is 0 Å². The second-order valence-corrected chi connectivity index (χ2v) is 4.34. The van der Waals surface area contributed by atoms with Gasteiger partial charge in [-0.2, -0.15) is 0 Å². The van der Waals surface area contributed by atoms with Crippen LogP contribution in [0.3, 0.4) is 0 Å². The molecule has 4 N–H and O–H groups in total. The number of carbonyl (C=O) groups is 1. The molecule has 0 fully saturated rings. The Labute approximate surface area is 102 Å². The van der Waals surface area contributed by atoms with E-state index in [9.17, 15) is 9.90 Å². The summed E-state index contributed by atoms with van der Waals surface area (Å²) in [6.07, 6.45) is -0.0959. The summed E-state index contributed by atoms with van der Waals surface area (Å²) in [4.78, 5) is 11.4. The van der Waals surface area contributed by atoms with E-state index in [1.807, 2.05) is 30.3 Å². The molecule has 4 nitrogen and oxygen atoms in total. The van der Waals surface area contributed by atoms with E-state index in [-0.39, 0.29) is 11.9 Å². The third-order valence-electron chi connectivity index (χ3n) is 2.65. The monoisotopic (exact) mass is 236 g/mol. The predicted molar refractivity (Wildman–Crippen MR) is 67.4 cm³/mol. The summed E-state index contributed by atoms with van der Waals surface area (Å²) in [5.74, 6) is -0.246. The number of rotatable bonds is 5. The maximum Gasteiger partial charge on any atom is 0.236 e. The number of amides is 1. The molecule has 0 saturated carbocycles. The molecule has 1 rings (SSSR count). The third-order valence-corrected chi connectivity index (χ3v) is 2.65. The lowest BCUT2D eigenvalue weighted by Crippen LogP contribution is -2.47. The Balaban J connectivity index is 2.47. The predicted octanol–water partition coefficient (Wildman–Crippen LogP) is 0.442. The number of benzene rings is 1. The van der Waals surface area contributed by atoms with Crippen molar-refractivity contribution in [2.75, 3.05) is 0 Å². The van der Waals surface area contributed by atoms with Crippen molar-refractivity contribution >= 4 is 5.91 Å². The van der Waals surface area contributed by atoms with Gasteiger partial charge in [-0.25, -0.2) is 0 Å². The van der Waals surface area contributed by atoms with E-state index < -0.39 is 12.1 Å². The first-order chi connectivity index (χ1) is 8.00. The molecule has 0 aliphatic rings. The lowest BCUT2D eigenvalue weighted by molar-refractivity contribution is -0.123. The van der Waals surface area contributed by atoms with Crippen LogP contribution in [0.1, 0.15) is 19.4 Å². The molecular weight excluding hydrogens is 216 g/mol. The normalized spacial score (nSPS) is 16.0. The van der Waals surface area contributed by atoms with E-state index in [4.69, 9.17) is 5.73 Å². The van der Waals surface area contributed by atoms with Gasteiger partial charge in [0.15, 0.2) is 0 Å². The molecule has 1 aromatic rings. The van der Waals surface area contributed by atoms with E-state index in [0.29, 0.717) is 6.42 Å². The summed E-state index contributed by atoms with van der Waals surface area (Å²) in [5.41, 5.74) is 6.49. The average Bonchev–Trinajstić information content (AvgIpc) is 2.29. The number of hydrogen-bond donors (Lipinski definition) is 3. The van der Waals surface area contributed by atoms with Crippen LogP contribution in [-0.2, 0) is 11.2 Å². The van der Waals surface area contributed by atoms with Crippen LogP contribution in [-0.4, -0.2) is 29.2 Å². The molecule has 0 aliphatic heterocycles. The Kier molecular flexibility index (Phi) is 5.12. The fourth-order valence-electron chi connectivity index (χ4n) is 1.48. The highest BCUT2D eigenvalue weighted by Gasteiger charge is 2.18. The van der Waals surface area contributed by atoms with Crippen LogP contribution >= 0.6 is 0 Å². The van der Waals surface area contributed by atoms with Gasteiger partial charge in [0.25, 0.3) is 0 Å². The van der Waals surface area contributed by atoms with Gasteiger partial charge in [-0.1, -0.05) is 30.3 Å². The summed E-state index contributed by atoms with van der Waals surface area (Å²) in [6, 6.07) is 8.81. The largest absolute Gasteiger partial charge is 0.391 e. The van der Waals surface area contributed by atoms with Crippen LogP contribution in [0.5, 0.6) is 0 Å². The first kappa shape index (κ1) is 13.7. The summed E-state index contributed by atoms with van der Waals surface area (Å²) in [7, 11) is 0. The van der Waals surface area contributed by atoms with Crippen LogP contribution in [0.4, 0.5) is 0 Å². The Morgan fingerprint density at radius 1 is 1.35 bits per heavy atom. The molecule has 0 heterocycles. The average molecular weight is 236 g/mol. The van der Waals surface area contributed by atoms with Crippen molar-refractivity contribution in [1.82, 2.24) is 5.32 Å². The fourth-order valence-corrected chi connectivity index (χ4v) is 1.48. The zero-order valence-electron chi connectivity index (χ0n) is 10.3. The lowest BCUT2D eigenvalue weighted by atomic mass is 10.0. The second kappa shape index (κ2) is 6.37. The van der Waals surface area contributed by atoms with Crippen LogP contribution in [0.2, 0.25) is 0 Å². The van der Waals surface area contributed by atoms with Crippen molar-refractivity contribution in [2.24, 2.45) is 5.73 Å². The first-order valence-electron chi connectivity index (χ1n) is 5.78. The second-order valence-electron chi connectivity index (χ2n) is 4.34. The summed E-state index contributed by atoms with van der Waals surface area (Å²) in [5, 5.41) is 12.6. The van der Waals surface area contributed by atoms with E-state index in [1.54, 1.807) is 13.8 Å². The standard InChI is InChI=1S/C13H20N2O2/c1-9(14)13(17)15-10(2)12(16)8-11-6-4-3-5-7-11/h3-7,9-10,12,16H,8,14H2,1-2H3,(H,15,17). The fraction of sp³-hybridized carbons (Fsp3) is 0.462. The molecular formula is C13H20N2O2. The summed E-state index contributed by atoms with van der Waals surface area (Å²) >= 11 is 0. The molecule has 4 heteroatoms. The number of nitrogens with two attached hydrogens (primary N) is 1. The van der Waals surface area contributed by atoms with Crippen molar-refractivity contribution in [2.45, 2.75) is 38.5 Å². The SMILES string of the molecule is CC(N)C(=O)NC(C)C(O)Cc1ccccc1. The molecule has 0 radical (unpaired) electrons. The van der Waals surface area contributed by atoms with E-state index >= 15 is 0 Å².